The number of aliphatic carboxylic acids is 1. The van der Waals surface area contributed by atoms with Gasteiger partial charge in [0, 0.05) is 11.2 Å². The topological polar surface area (TPSA) is 252 Å². The first-order chi connectivity index (χ1) is 20.9. The molecule has 2 unspecified atom stereocenters. The van der Waals surface area contributed by atoms with E-state index >= 15 is 0 Å². The number of carbonyl (C=O) groups excluding carboxylic acids is 3. The summed E-state index contributed by atoms with van der Waals surface area (Å²) in [5.41, 5.74) is -1.46. The first-order valence-electron chi connectivity index (χ1n) is 15.0. The molecule has 0 radical (unpaired) electrons. The maximum absolute atomic E-state index is 12.0. The molecule has 0 fully saturated rings. The first-order valence-corrected chi connectivity index (χ1v) is 15.0. The van der Waals surface area contributed by atoms with Crippen molar-refractivity contribution in [1.29, 1.82) is 0 Å². The Labute approximate surface area is 271 Å². The third-order valence-corrected chi connectivity index (χ3v) is 5.15. The number of amides is 2. The smallest absolute Gasteiger partial charge is 0.325 e. The molecule has 0 heterocycles. The highest BCUT2D eigenvalue weighted by Gasteiger charge is 2.28. The highest BCUT2D eigenvalue weighted by atomic mass is 16.6. The van der Waals surface area contributed by atoms with Crippen molar-refractivity contribution in [2.75, 3.05) is 19.7 Å². The third kappa shape index (κ3) is 23.7. The molecular weight excluding hydrogens is 608 g/mol. The van der Waals surface area contributed by atoms with Gasteiger partial charge >= 0.3 is 11.9 Å². The SMILES string of the molecule is CC(C)C[C@H](N=C([O-])OC(C)(C)C)C(O)C(=O)NCC(=O)O.CCOC(=O)CNC(=O)C(O)[C@H](CC(C)C)N=C([O-])OC(C)(C)C. The van der Waals surface area contributed by atoms with Gasteiger partial charge in [-0.1, -0.05) is 69.2 Å². The second-order valence-electron chi connectivity index (χ2n) is 13.1. The van der Waals surface area contributed by atoms with Crippen LogP contribution in [0.1, 0.15) is 89.0 Å². The maximum Gasteiger partial charge on any atom is 0.325 e. The van der Waals surface area contributed by atoms with Gasteiger partial charge in [-0.25, -0.2) is 0 Å². The molecule has 0 bridgehead atoms. The summed E-state index contributed by atoms with van der Waals surface area (Å²) in [5.74, 6) is -3.36. The minimum Gasteiger partial charge on any atom is -0.595 e. The predicted molar refractivity (Wildman–Crippen MR) is 165 cm³/mol. The van der Waals surface area contributed by atoms with Gasteiger partial charge in [0.2, 0.25) is 0 Å². The molecule has 0 aliphatic carbocycles. The van der Waals surface area contributed by atoms with Crippen LogP contribution in [0.2, 0.25) is 0 Å². The number of aliphatic imine (C=N–C) groups is 2. The fourth-order valence-electron chi connectivity index (χ4n) is 3.41. The summed E-state index contributed by atoms with van der Waals surface area (Å²) in [6.45, 7) is 18.4. The highest BCUT2D eigenvalue weighted by Crippen LogP contribution is 2.16. The van der Waals surface area contributed by atoms with Gasteiger partial charge in [-0.05, 0) is 31.6 Å². The third-order valence-electron chi connectivity index (χ3n) is 5.15. The summed E-state index contributed by atoms with van der Waals surface area (Å²) < 4.78 is 14.8. The second kappa shape index (κ2) is 21.2. The predicted octanol–water partition coefficient (Wildman–Crippen LogP) is -0.533. The Morgan fingerprint density at radius 1 is 0.717 bits per heavy atom. The van der Waals surface area contributed by atoms with Gasteiger partial charge in [-0.2, -0.15) is 0 Å². The lowest BCUT2D eigenvalue weighted by Crippen LogP contribution is -2.45. The van der Waals surface area contributed by atoms with E-state index in [0.29, 0.717) is 6.42 Å². The van der Waals surface area contributed by atoms with E-state index in [1.165, 1.54) is 0 Å². The quantitative estimate of drug-likeness (QED) is 0.0843. The van der Waals surface area contributed by atoms with Gasteiger partial charge < -0.3 is 50.4 Å². The van der Waals surface area contributed by atoms with Crippen molar-refractivity contribution in [3.8, 4) is 0 Å². The molecule has 16 nitrogen and oxygen atoms in total. The Morgan fingerprint density at radius 3 is 1.35 bits per heavy atom. The molecular formula is C30H54N4O12-2. The minimum atomic E-state index is -1.62. The van der Waals surface area contributed by atoms with Crippen molar-refractivity contribution >= 4 is 35.9 Å². The summed E-state index contributed by atoms with van der Waals surface area (Å²) in [7, 11) is 0. The number of ether oxygens (including phenoxy) is 3. The molecule has 46 heavy (non-hydrogen) atoms. The van der Waals surface area contributed by atoms with Crippen LogP contribution in [0.25, 0.3) is 0 Å². The molecule has 0 spiro atoms. The average molecular weight is 663 g/mol. The number of esters is 1. The summed E-state index contributed by atoms with van der Waals surface area (Å²) >= 11 is 0. The number of carboxylic acid groups (broad SMARTS) is 1. The summed E-state index contributed by atoms with van der Waals surface area (Å²) in [4.78, 5) is 52.8. The van der Waals surface area contributed by atoms with Gasteiger partial charge in [0.05, 0.1) is 18.7 Å². The molecule has 0 aromatic heterocycles. The molecule has 4 atom stereocenters. The average Bonchev–Trinajstić information content (AvgIpc) is 2.86. The number of aliphatic hydroxyl groups is 2. The normalized spacial score (nSPS) is 15.1. The molecule has 0 saturated heterocycles. The maximum atomic E-state index is 12.0. The van der Waals surface area contributed by atoms with E-state index in [0.717, 1.165) is 0 Å². The Bertz CT molecular complexity index is 1020. The van der Waals surface area contributed by atoms with Crippen molar-refractivity contribution < 1.29 is 58.9 Å². The van der Waals surface area contributed by atoms with E-state index in [1.54, 1.807) is 48.5 Å². The Hall–Kier alpha value is -3.66. The molecule has 0 aromatic rings. The monoisotopic (exact) mass is 662 g/mol. The Morgan fingerprint density at radius 2 is 1.07 bits per heavy atom. The molecule has 5 N–H and O–H groups in total. The summed E-state index contributed by atoms with van der Waals surface area (Å²) in [6.07, 6.45) is -4.30. The van der Waals surface area contributed by atoms with E-state index in [1.807, 2.05) is 27.7 Å². The van der Waals surface area contributed by atoms with Gasteiger partial charge in [-0.15, -0.1) is 0 Å². The molecule has 0 aromatic carbocycles. The number of aliphatic hydroxyl groups excluding tert-OH is 2. The number of hydrogen-bond acceptors (Lipinski definition) is 13. The van der Waals surface area contributed by atoms with E-state index in [2.05, 4.69) is 25.4 Å². The highest BCUT2D eigenvalue weighted by molar-refractivity contribution is 5.86. The zero-order chi connectivity index (χ0) is 36.4. The van der Waals surface area contributed by atoms with Crippen molar-refractivity contribution in [3.05, 3.63) is 0 Å². The zero-order valence-electron chi connectivity index (χ0n) is 28.9. The van der Waals surface area contributed by atoms with Crippen LogP contribution in [0.15, 0.2) is 9.98 Å². The number of rotatable bonds is 15. The van der Waals surface area contributed by atoms with E-state index in [9.17, 15) is 39.6 Å². The molecule has 2 amide bonds. The van der Waals surface area contributed by atoms with Crippen LogP contribution >= 0.6 is 0 Å². The lowest BCUT2D eigenvalue weighted by molar-refractivity contribution is -0.262. The fourth-order valence-corrected chi connectivity index (χ4v) is 3.41. The largest absolute Gasteiger partial charge is 0.595 e. The standard InChI is InChI=1S/C16H30N2O6.C14H26N2O6/c1-7-23-12(19)9-17-14(21)13(20)11(8-10(2)3)18-15(22)24-16(4,5)6;1-8(2)6-9(16-13(21)22-14(3,4)5)11(19)12(20)15-7-10(17)18/h10-11,13,20H,7-9H2,1-6H3,(H,17,21)(H,18,22);8-9,11,19H,6-7H2,1-5H3,(H,15,20)(H,16,21)(H,17,18)/p-2/t11-,13?;9-,11?/m00/s1. The van der Waals surface area contributed by atoms with Gasteiger partial charge in [0.1, 0.15) is 25.3 Å². The van der Waals surface area contributed by atoms with Crippen molar-refractivity contribution in [2.45, 2.75) is 124 Å². The molecule has 0 aliphatic rings. The molecule has 0 aliphatic heterocycles. The van der Waals surface area contributed by atoms with E-state index in [-0.39, 0.29) is 31.4 Å². The zero-order valence-corrected chi connectivity index (χ0v) is 28.9. The number of nitrogens with zero attached hydrogens (tertiary/aromatic N) is 2. The molecule has 0 saturated carbocycles. The lowest BCUT2D eigenvalue weighted by Gasteiger charge is -2.31. The summed E-state index contributed by atoms with van der Waals surface area (Å²) in [6, 6.07) is -1.95. The van der Waals surface area contributed by atoms with Crippen LogP contribution in [-0.4, -0.2) is 106 Å². The van der Waals surface area contributed by atoms with E-state index < -0.39 is 78.0 Å². The number of carboxylic acids is 1. The van der Waals surface area contributed by atoms with Crippen molar-refractivity contribution in [2.24, 2.45) is 21.8 Å². The van der Waals surface area contributed by atoms with Gasteiger partial charge in [-0.3, -0.25) is 29.2 Å². The number of carbonyl (C=O) groups is 4. The van der Waals surface area contributed by atoms with Crippen molar-refractivity contribution in [1.82, 2.24) is 10.6 Å². The Kier molecular flexibility index (Phi) is 20.5. The van der Waals surface area contributed by atoms with Crippen LogP contribution in [0, 0.1) is 11.8 Å². The van der Waals surface area contributed by atoms with Crippen LogP contribution in [0.4, 0.5) is 0 Å². The first kappa shape index (κ1) is 44.5. The molecule has 268 valence electrons. The fraction of sp³-hybridized carbons (Fsp3) is 0.800. The van der Waals surface area contributed by atoms with Crippen LogP contribution in [0.5, 0.6) is 0 Å². The number of hydrogen-bond donors (Lipinski definition) is 5. The van der Waals surface area contributed by atoms with Crippen LogP contribution in [-0.2, 0) is 33.4 Å². The van der Waals surface area contributed by atoms with Crippen molar-refractivity contribution in [3.63, 3.8) is 0 Å². The Balaban J connectivity index is 0. The molecule has 0 rings (SSSR count). The second-order valence-corrected chi connectivity index (χ2v) is 13.1. The van der Waals surface area contributed by atoms with E-state index in [4.69, 9.17) is 14.6 Å². The summed E-state index contributed by atoms with van der Waals surface area (Å²) in [5, 5.41) is 56.5. The van der Waals surface area contributed by atoms with Gasteiger partial charge in [0.25, 0.3) is 11.8 Å². The van der Waals surface area contributed by atoms with Crippen LogP contribution < -0.4 is 20.8 Å². The van der Waals surface area contributed by atoms with Gasteiger partial charge in [0.15, 0.2) is 12.2 Å². The van der Waals surface area contributed by atoms with Crippen LogP contribution in [0.3, 0.4) is 0 Å². The molecule has 16 heteroatoms. The lowest BCUT2D eigenvalue weighted by atomic mass is 9.99. The number of nitrogens with one attached hydrogen (secondary N) is 2. The minimum absolute atomic E-state index is 0.0677.